The van der Waals surface area contributed by atoms with Crippen molar-refractivity contribution in [2.75, 3.05) is 13.1 Å². The predicted octanol–water partition coefficient (Wildman–Crippen LogP) is 1.71. The summed E-state index contributed by atoms with van der Waals surface area (Å²) in [5.41, 5.74) is 6.21. The van der Waals surface area contributed by atoms with Gasteiger partial charge in [0.1, 0.15) is 6.04 Å². The third-order valence-corrected chi connectivity index (χ3v) is 8.74. The Kier molecular flexibility index (Phi) is 4.37. The Morgan fingerprint density at radius 3 is 2.84 bits per heavy atom. The average Bonchev–Trinajstić information content (AvgIpc) is 3.50. The Labute approximate surface area is 188 Å². The largest absolute Gasteiger partial charge is 0.477 e. The number of benzene rings is 1. The van der Waals surface area contributed by atoms with E-state index in [1.54, 1.807) is 6.07 Å². The summed E-state index contributed by atoms with van der Waals surface area (Å²) < 4.78 is 12.0. The first-order valence-corrected chi connectivity index (χ1v) is 12.1. The van der Waals surface area contributed by atoms with Crippen LogP contribution in [0.2, 0.25) is 0 Å². The second-order valence-electron chi connectivity index (χ2n) is 10.9. The SMILES string of the molecule is CC(C)[C@H](N)C(=O)Oc1ccc2c3c1O[C@H]1C(=O)CC[C@@]4(O)[C@@H](C2)N(CC2CC2)CC[C@]314. The molecule has 2 bridgehead atoms. The fourth-order valence-electron chi connectivity index (χ4n) is 6.78. The highest BCUT2D eigenvalue weighted by Gasteiger charge is 2.73. The lowest BCUT2D eigenvalue weighted by Crippen LogP contribution is -2.76. The van der Waals surface area contributed by atoms with Crippen molar-refractivity contribution in [1.82, 2.24) is 4.90 Å². The summed E-state index contributed by atoms with van der Waals surface area (Å²) in [7, 11) is 0. The van der Waals surface area contributed by atoms with E-state index < -0.39 is 29.1 Å². The summed E-state index contributed by atoms with van der Waals surface area (Å²) in [6.45, 7) is 5.61. The van der Waals surface area contributed by atoms with Crippen LogP contribution in [0.3, 0.4) is 0 Å². The maximum Gasteiger partial charge on any atom is 0.328 e. The fourth-order valence-corrected chi connectivity index (χ4v) is 6.78. The molecule has 1 saturated heterocycles. The summed E-state index contributed by atoms with van der Waals surface area (Å²) in [6.07, 6.45) is 3.98. The lowest BCUT2D eigenvalue weighted by Gasteiger charge is -2.62. The van der Waals surface area contributed by atoms with E-state index in [-0.39, 0.29) is 17.7 Å². The number of carbonyl (C=O) groups excluding carboxylic acids is 2. The number of ether oxygens (including phenoxy) is 2. The molecule has 5 atom stereocenters. The van der Waals surface area contributed by atoms with Crippen LogP contribution in [0.25, 0.3) is 0 Å². The van der Waals surface area contributed by atoms with Crippen LogP contribution in [0.1, 0.15) is 57.1 Å². The number of Topliss-reactive ketones (excluding diaryl/α,β-unsaturated/α-hetero) is 1. The molecule has 1 aromatic rings. The number of hydrogen-bond donors (Lipinski definition) is 2. The number of piperidine rings is 1. The van der Waals surface area contributed by atoms with E-state index in [0.29, 0.717) is 30.8 Å². The van der Waals surface area contributed by atoms with Gasteiger partial charge in [-0.3, -0.25) is 9.69 Å². The highest BCUT2D eigenvalue weighted by Crippen LogP contribution is 2.65. The maximum atomic E-state index is 13.1. The first-order valence-electron chi connectivity index (χ1n) is 12.1. The van der Waals surface area contributed by atoms with Crippen molar-refractivity contribution in [2.24, 2.45) is 17.6 Å². The van der Waals surface area contributed by atoms with E-state index in [1.807, 2.05) is 19.9 Å². The Balaban J connectivity index is 1.45. The zero-order valence-corrected chi connectivity index (χ0v) is 18.8. The number of carbonyl (C=O) groups is 2. The van der Waals surface area contributed by atoms with Crippen LogP contribution in [-0.4, -0.2) is 58.6 Å². The lowest BCUT2D eigenvalue weighted by atomic mass is 9.49. The van der Waals surface area contributed by atoms with Crippen LogP contribution in [-0.2, 0) is 21.4 Å². The molecule has 3 fully saturated rings. The molecule has 7 nitrogen and oxygen atoms in total. The minimum Gasteiger partial charge on any atom is -0.477 e. The lowest BCUT2D eigenvalue weighted by molar-refractivity contribution is -0.188. The first-order chi connectivity index (χ1) is 15.3. The van der Waals surface area contributed by atoms with Crippen LogP contribution >= 0.6 is 0 Å². The molecule has 0 amide bonds. The Hall–Kier alpha value is -1.96. The van der Waals surface area contributed by atoms with Gasteiger partial charge in [-0.1, -0.05) is 19.9 Å². The molecule has 1 aromatic carbocycles. The summed E-state index contributed by atoms with van der Waals surface area (Å²) in [4.78, 5) is 28.1. The predicted molar refractivity (Wildman–Crippen MR) is 117 cm³/mol. The third-order valence-electron chi connectivity index (χ3n) is 8.74. The quantitative estimate of drug-likeness (QED) is 0.531. The van der Waals surface area contributed by atoms with Crippen molar-refractivity contribution in [1.29, 1.82) is 0 Å². The van der Waals surface area contributed by atoms with Crippen LogP contribution in [0.4, 0.5) is 0 Å². The zero-order valence-electron chi connectivity index (χ0n) is 18.8. The second-order valence-corrected chi connectivity index (χ2v) is 10.9. The third kappa shape index (κ3) is 2.59. The molecule has 2 aliphatic heterocycles. The number of ketones is 1. The molecule has 2 heterocycles. The van der Waals surface area contributed by atoms with Crippen LogP contribution in [0.15, 0.2) is 12.1 Å². The zero-order chi connectivity index (χ0) is 22.4. The van der Waals surface area contributed by atoms with Crippen molar-refractivity contribution < 1.29 is 24.2 Å². The van der Waals surface area contributed by atoms with Gasteiger partial charge in [0.15, 0.2) is 23.4 Å². The van der Waals surface area contributed by atoms with Gasteiger partial charge in [0.05, 0.1) is 11.0 Å². The number of aliphatic hydroxyl groups is 1. The molecule has 0 aromatic heterocycles. The molecule has 3 aliphatic carbocycles. The Morgan fingerprint density at radius 2 is 2.12 bits per heavy atom. The number of nitrogens with two attached hydrogens (primary N) is 1. The van der Waals surface area contributed by atoms with E-state index in [2.05, 4.69) is 4.90 Å². The average molecular weight is 441 g/mol. The number of nitrogens with zero attached hydrogens (tertiary/aromatic N) is 1. The van der Waals surface area contributed by atoms with Gasteiger partial charge in [0.25, 0.3) is 0 Å². The summed E-state index contributed by atoms with van der Waals surface area (Å²) in [5, 5.41) is 12.3. The molecular weight excluding hydrogens is 408 g/mol. The molecule has 1 spiro atoms. The number of esters is 1. The van der Waals surface area contributed by atoms with E-state index >= 15 is 0 Å². The highest BCUT2D eigenvalue weighted by molar-refractivity contribution is 5.90. The van der Waals surface area contributed by atoms with E-state index in [9.17, 15) is 14.7 Å². The minimum atomic E-state index is -1.02. The number of hydrogen-bond acceptors (Lipinski definition) is 7. The Bertz CT molecular complexity index is 1000. The molecule has 2 saturated carbocycles. The number of likely N-dealkylation sites (tertiary alicyclic amines) is 1. The molecule has 6 rings (SSSR count). The molecule has 0 unspecified atom stereocenters. The Morgan fingerprint density at radius 1 is 1.34 bits per heavy atom. The summed E-state index contributed by atoms with van der Waals surface area (Å²) >= 11 is 0. The van der Waals surface area contributed by atoms with Gasteiger partial charge in [-0.05, 0) is 62.1 Å². The summed E-state index contributed by atoms with van der Waals surface area (Å²) in [5.74, 6) is 0.963. The molecule has 3 N–H and O–H groups in total. The van der Waals surface area contributed by atoms with Crippen molar-refractivity contribution in [3.05, 3.63) is 23.3 Å². The highest BCUT2D eigenvalue weighted by atomic mass is 16.6. The molecule has 172 valence electrons. The topological polar surface area (TPSA) is 102 Å². The maximum absolute atomic E-state index is 13.1. The van der Waals surface area contributed by atoms with Gasteiger partial charge < -0.3 is 20.3 Å². The number of rotatable bonds is 5. The standard InChI is InChI=1S/C25H32N2O5/c1-13(2)20(26)23(29)31-17-6-5-15-11-18-25(30)8-7-16(28)22-24(25,19(15)21(17)32-22)9-10-27(18)12-14-3-4-14/h5-6,13-14,18,20,22,30H,3-4,7-12,26H2,1-2H3/t18-,20+,22+,24+,25-/m1/s1. The monoisotopic (exact) mass is 440 g/mol. The summed E-state index contributed by atoms with van der Waals surface area (Å²) in [6, 6.07) is 3.00. The normalized spacial score (nSPS) is 36.0. The molecule has 7 heteroatoms. The van der Waals surface area contributed by atoms with E-state index in [0.717, 1.165) is 36.6 Å². The van der Waals surface area contributed by atoms with Gasteiger partial charge >= 0.3 is 5.97 Å². The minimum absolute atomic E-state index is 0.0164. The van der Waals surface area contributed by atoms with Crippen molar-refractivity contribution in [3.63, 3.8) is 0 Å². The van der Waals surface area contributed by atoms with Crippen molar-refractivity contribution >= 4 is 11.8 Å². The molecular formula is C25H32N2O5. The van der Waals surface area contributed by atoms with Crippen LogP contribution in [0.5, 0.6) is 11.5 Å². The first kappa shape index (κ1) is 20.6. The van der Waals surface area contributed by atoms with Crippen LogP contribution in [0, 0.1) is 11.8 Å². The smallest absolute Gasteiger partial charge is 0.328 e. The van der Waals surface area contributed by atoms with Gasteiger partial charge in [-0.15, -0.1) is 0 Å². The van der Waals surface area contributed by atoms with Crippen LogP contribution < -0.4 is 15.2 Å². The molecule has 32 heavy (non-hydrogen) atoms. The van der Waals surface area contributed by atoms with Gasteiger partial charge in [-0.25, -0.2) is 4.79 Å². The van der Waals surface area contributed by atoms with E-state index in [1.165, 1.54) is 12.8 Å². The van der Waals surface area contributed by atoms with Gasteiger partial charge in [-0.2, -0.15) is 0 Å². The second kappa shape index (κ2) is 6.78. The van der Waals surface area contributed by atoms with Gasteiger partial charge in [0, 0.05) is 24.6 Å². The van der Waals surface area contributed by atoms with E-state index in [4.69, 9.17) is 15.2 Å². The van der Waals surface area contributed by atoms with Crippen molar-refractivity contribution in [2.45, 2.75) is 81.6 Å². The van der Waals surface area contributed by atoms with Gasteiger partial charge in [0.2, 0.25) is 0 Å². The fraction of sp³-hybridized carbons (Fsp3) is 0.680. The molecule has 5 aliphatic rings. The molecule has 0 radical (unpaired) electrons. The van der Waals surface area contributed by atoms with Crippen molar-refractivity contribution in [3.8, 4) is 11.5 Å².